The van der Waals surface area contributed by atoms with Gasteiger partial charge in [-0.2, -0.15) is 0 Å². The molecule has 0 aliphatic rings. The Morgan fingerprint density at radius 2 is 2.17 bits per heavy atom. The predicted molar refractivity (Wildman–Crippen MR) is 70.7 cm³/mol. The zero-order chi connectivity index (χ0) is 13.4. The smallest absolute Gasteiger partial charge is 0.318 e. The van der Waals surface area contributed by atoms with E-state index < -0.39 is 0 Å². The minimum Gasteiger partial charge on any atom is -0.407 e. The van der Waals surface area contributed by atoms with Crippen LogP contribution in [0.5, 0.6) is 0 Å². The van der Waals surface area contributed by atoms with Crippen LogP contribution >= 0.6 is 0 Å². The molecule has 6 nitrogen and oxygen atoms in total. The van der Waals surface area contributed by atoms with Gasteiger partial charge >= 0.3 is 6.01 Å². The molecule has 0 spiro atoms. The molecule has 18 heavy (non-hydrogen) atoms. The summed E-state index contributed by atoms with van der Waals surface area (Å²) >= 11 is 0. The number of methoxy groups -OCH3 is 1. The molecule has 0 aliphatic heterocycles. The van der Waals surface area contributed by atoms with Crippen molar-refractivity contribution in [2.24, 2.45) is 0 Å². The number of ether oxygens (including phenoxy) is 1. The van der Waals surface area contributed by atoms with E-state index in [0.29, 0.717) is 31.1 Å². The largest absolute Gasteiger partial charge is 0.407 e. The van der Waals surface area contributed by atoms with Gasteiger partial charge in [-0.3, -0.25) is 0 Å². The minimum atomic E-state index is 0.361. The molecule has 0 atom stereocenters. The molecule has 1 aromatic rings. The fraction of sp³-hybridized carbons (Fsp3) is 0.833. The Bertz CT molecular complexity index is 328. The second-order valence-corrected chi connectivity index (χ2v) is 4.44. The summed E-state index contributed by atoms with van der Waals surface area (Å²) in [6.45, 7) is 9.34. The van der Waals surface area contributed by atoms with E-state index in [4.69, 9.17) is 9.15 Å². The lowest BCUT2D eigenvalue weighted by Gasteiger charge is -2.23. The van der Waals surface area contributed by atoms with Gasteiger partial charge in [0.15, 0.2) is 0 Å². The van der Waals surface area contributed by atoms with Crippen LogP contribution in [0, 0.1) is 0 Å². The van der Waals surface area contributed by atoms with Crippen LogP contribution in [-0.2, 0) is 11.3 Å². The Labute approximate surface area is 109 Å². The van der Waals surface area contributed by atoms with Crippen molar-refractivity contribution in [2.45, 2.75) is 39.8 Å². The van der Waals surface area contributed by atoms with Crippen molar-refractivity contribution in [3.63, 3.8) is 0 Å². The highest BCUT2D eigenvalue weighted by atomic mass is 16.5. The van der Waals surface area contributed by atoms with E-state index in [9.17, 15) is 0 Å². The first-order chi connectivity index (χ1) is 8.69. The maximum absolute atomic E-state index is 5.64. The molecule has 0 fully saturated rings. The fourth-order valence-corrected chi connectivity index (χ4v) is 1.62. The quantitative estimate of drug-likeness (QED) is 0.674. The summed E-state index contributed by atoms with van der Waals surface area (Å²) in [5.74, 6) is 0.614. The van der Waals surface area contributed by atoms with E-state index in [-0.39, 0.29) is 0 Å². The molecule has 1 heterocycles. The first-order valence-corrected chi connectivity index (χ1v) is 6.47. The summed E-state index contributed by atoms with van der Waals surface area (Å²) < 4.78 is 10.6. The van der Waals surface area contributed by atoms with Gasteiger partial charge in [0, 0.05) is 26.2 Å². The van der Waals surface area contributed by atoms with Crippen LogP contribution in [0.15, 0.2) is 4.42 Å². The Morgan fingerprint density at radius 3 is 2.78 bits per heavy atom. The third kappa shape index (κ3) is 4.62. The Hall–Kier alpha value is -1.14. The molecule has 0 radical (unpaired) electrons. The van der Waals surface area contributed by atoms with Crippen molar-refractivity contribution < 1.29 is 9.15 Å². The van der Waals surface area contributed by atoms with E-state index >= 15 is 0 Å². The predicted octanol–water partition coefficient (Wildman–Crippen LogP) is 1.43. The minimum absolute atomic E-state index is 0.361. The van der Waals surface area contributed by atoms with E-state index in [1.165, 1.54) is 0 Å². The molecule has 1 N–H and O–H groups in total. The Balaban J connectivity index is 2.50. The van der Waals surface area contributed by atoms with E-state index in [0.717, 1.165) is 19.5 Å². The number of anilines is 1. The molecular formula is C12H24N4O2. The van der Waals surface area contributed by atoms with E-state index in [1.807, 2.05) is 0 Å². The highest BCUT2D eigenvalue weighted by Crippen LogP contribution is 2.15. The maximum atomic E-state index is 5.64. The third-order valence-corrected chi connectivity index (χ3v) is 2.55. The molecule has 0 saturated carbocycles. The third-order valence-electron chi connectivity index (χ3n) is 2.55. The zero-order valence-corrected chi connectivity index (χ0v) is 11.8. The van der Waals surface area contributed by atoms with Gasteiger partial charge in [-0.05, 0) is 20.3 Å². The van der Waals surface area contributed by atoms with Gasteiger partial charge in [-0.1, -0.05) is 12.0 Å². The molecule has 1 aromatic heterocycles. The number of rotatable bonds is 9. The molecule has 104 valence electrons. The molecule has 0 bridgehead atoms. The first-order valence-electron chi connectivity index (χ1n) is 6.47. The van der Waals surface area contributed by atoms with Crippen LogP contribution in [0.4, 0.5) is 6.01 Å². The highest BCUT2D eigenvalue weighted by Gasteiger charge is 2.16. The van der Waals surface area contributed by atoms with Crippen molar-refractivity contribution in [1.29, 1.82) is 0 Å². The normalized spacial score (nSPS) is 11.2. The van der Waals surface area contributed by atoms with Gasteiger partial charge < -0.3 is 19.4 Å². The summed E-state index contributed by atoms with van der Waals surface area (Å²) in [6.07, 6.45) is 1.06. The highest BCUT2D eigenvalue weighted by molar-refractivity contribution is 5.25. The molecule has 0 aliphatic carbocycles. The SMILES string of the molecule is CCCN(c1nnc(CNCCOC)o1)C(C)C. The number of nitrogens with one attached hydrogen (secondary N) is 1. The number of aromatic nitrogens is 2. The van der Waals surface area contributed by atoms with Crippen molar-refractivity contribution >= 4 is 6.01 Å². The average Bonchev–Trinajstić information content (AvgIpc) is 2.79. The van der Waals surface area contributed by atoms with Gasteiger partial charge in [-0.15, -0.1) is 5.10 Å². The average molecular weight is 256 g/mol. The summed E-state index contributed by atoms with van der Waals surface area (Å²) in [5.41, 5.74) is 0. The number of hydrogen-bond donors (Lipinski definition) is 1. The monoisotopic (exact) mass is 256 g/mol. The Morgan fingerprint density at radius 1 is 1.39 bits per heavy atom. The topological polar surface area (TPSA) is 63.4 Å². The standard InChI is InChI=1S/C12H24N4O2/c1-5-7-16(10(2)3)12-15-14-11(18-12)9-13-6-8-17-4/h10,13H,5-9H2,1-4H3. The van der Waals surface area contributed by atoms with Crippen molar-refractivity contribution in [3.05, 3.63) is 5.89 Å². The number of hydrogen-bond acceptors (Lipinski definition) is 6. The molecular weight excluding hydrogens is 232 g/mol. The summed E-state index contributed by atoms with van der Waals surface area (Å²) in [6, 6.07) is 0.968. The molecule has 0 aromatic carbocycles. The molecule has 0 unspecified atom stereocenters. The van der Waals surface area contributed by atoms with Crippen LogP contribution in [0.3, 0.4) is 0 Å². The molecule has 0 saturated heterocycles. The summed E-state index contributed by atoms with van der Waals surface area (Å²) in [5, 5.41) is 11.3. The second kappa shape index (κ2) is 8.05. The summed E-state index contributed by atoms with van der Waals surface area (Å²) in [4.78, 5) is 2.12. The first kappa shape index (κ1) is 14.9. The fourth-order valence-electron chi connectivity index (χ4n) is 1.62. The van der Waals surface area contributed by atoms with Crippen LogP contribution in [0.25, 0.3) is 0 Å². The lowest BCUT2D eigenvalue weighted by atomic mass is 10.3. The molecule has 6 heteroatoms. The van der Waals surface area contributed by atoms with Gasteiger partial charge in [-0.25, -0.2) is 0 Å². The van der Waals surface area contributed by atoms with E-state index in [2.05, 4.69) is 41.2 Å². The second-order valence-electron chi connectivity index (χ2n) is 4.44. The van der Waals surface area contributed by atoms with E-state index in [1.54, 1.807) is 7.11 Å². The van der Waals surface area contributed by atoms with Crippen molar-refractivity contribution in [2.75, 3.05) is 31.7 Å². The van der Waals surface area contributed by atoms with Gasteiger partial charge in [0.1, 0.15) is 0 Å². The van der Waals surface area contributed by atoms with Gasteiger partial charge in [0.05, 0.1) is 13.2 Å². The van der Waals surface area contributed by atoms with Crippen LogP contribution < -0.4 is 10.2 Å². The van der Waals surface area contributed by atoms with Crippen LogP contribution in [-0.4, -0.2) is 43.0 Å². The molecule has 1 rings (SSSR count). The van der Waals surface area contributed by atoms with Gasteiger partial charge in [0.25, 0.3) is 0 Å². The van der Waals surface area contributed by atoms with Gasteiger partial charge in [0.2, 0.25) is 5.89 Å². The Kier molecular flexibility index (Phi) is 6.67. The van der Waals surface area contributed by atoms with Crippen LogP contribution in [0.2, 0.25) is 0 Å². The van der Waals surface area contributed by atoms with Crippen LogP contribution in [0.1, 0.15) is 33.1 Å². The lowest BCUT2D eigenvalue weighted by molar-refractivity contribution is 0.198. The summed E-state index contributed by atoms with van der Waals surface area (Å²) in [7, 11) is 1.68. The zero-order valence-electron chi connectivity index (χ0n) is 11.8. The number of nitrogens with zero attached hydrogens (tertiary/aromatic N) is 3. The molecule has 0 amide bonds. The lowest BCUT2D eigenvalue weighted by Crippen LogP contribution is -2.31. The van der Waals surface area contributed by atoms with Crippen molar-refractivity contribution in [3.8, 4) is 0 Å². The van der Waals surface area contributed by atoms with Crippen molar-refractivity contribution in [1.82, 2.24) is 15.5 Å². The maximum Gasteiger partial charge on any atom is 0.318 e.